The van der Waals surface area contributed by atoms with E-state index in [1.54, 1.807) is 7.11 Å². The van der Waals surface area contributed by atoms with Gasteiger partial charge in [0.25, 0.3) is 6.47 Å². The molecule has 37 heavy (non-hydrogen) atoms. The Morgan fingerprint density at radius 2 is 1.65 bits per heavy atom. The average molecular weight is 515 g/mol. The van der Waals surface area contributed by atoms with Crippen molar-refractivity contribution in [2.75, 3.05) is 7.11 Å². The molecule has 4 saturated carbocycles. The molecule has 0 saturated heterocycles. The van der Waals surface area contributed by atoms with Crippen molar-refractivity contribution in [3.05, 3.63) is 11.6 Å². The zero-order valence-corrected chi connectivity index (χ0v) is 24.5. The zero-order valence-electron chi connectivity index (χ0n) is 24.5. The van der Waals surface area contributed by atoms with E-state index in [4.69, 9.17) is 9.47 Å². The monoisotopic (exact) mass is 514 g/mol. The van der Waals surface area contributed by atoms with Crippen molar-refractivity contribution in [2.45, 2.75) is 118 Å². The van der Waals surface area contributed by atoms with Gasteiger partial charge < -0.3 is 14.6 Å². The highest BCUT2D eigenvalue weighted by atomic mass is 16.5. The number of methoxy groups -OCH3 is 1. The molecule has 208 valence electrons. The van der Waals surface area contributed by atoms with Crippen LogP contribution in [0.4, 0.5) is 0 Å². The minimum absolute atomic E-state index is 0.00392. The van der Waals surface area contributed by atoms with Gasteiger partial charge in [0.1, 0.15) is 6.10 Å². The SMILES string of the molecule is COC(=O)[C@]12CCC(C)(C)C[C@H]1C1=CC[C@@H]3[C@@]4(C)C[C@@H](OC=O)[C@H](O)C(C)(C)[C@@H]4CC[C@@]3(C)[C@]1(C)CC2. The van der Waals surface area contributed by atoms with Gasteiger partial charge >= 0.3 is 5.97 Å². The molecule has 5 nitrogen and oxygen atoms in total. The minimum Gasteiger partial charge on any atom is -0.469 e. The molecule has 4 fully saturated rings. The third-order valence-corrected chi connectivity index (χ3v) is 13.4. The van der Waals surface area contributed by atoms with Gasteiger partial charge in [0, 0.05) is 0 Å². The van der Waals surface area contributed by atoms with Crippen LogP contribution in [-0.4, -0.2) is 36.9 Å². The molecule has 0 aromatic heterocycles. The van der Waals surface area contributed by atoms with E-state index in [9.17, 15) is 14.7 Å². The van der Waals surface area contributed by atoms with Crippen molar-refractivity contribution in [3.63, 3.8) is 0 Å². The largest absolute Gasteiger partial charge is 0.469 e. The lowest BCUT2D eigenvalue weighted by Gasteiger charge is -2.71. The molecule has 0 bridgehead atoms. The molecule has 0 aliphatic heterocycles. The summed E-state index contributed by atoms with van der Waals surface area (Å²) in [5.41, 5.74) is 1.07. The normalized spacial score (nSPS) is 49.8. The van der Waals surface area contributed by atoms with Gasteiger partial charge in [-0.1, -0.05) is 60.1 Å². The summed E-state index contributed by atoms with van der Waals surface area (Å²) in [4.78, 5) is 24.8. The third kappa shape index (κ3) is 3.44. The fraction of sp³-hybridized carbons (Fsp3) is 0.875. The topological polar surface area (TPSA) is 72.8 Å². The van der Waals surface area contributed by atoms with E-state index in [2.05, 4.69) is 54.5 Å². The molecule has 1 N–H and O–H groups in total. The number of carbonyl (C=O) groups excluding carboxylic acids is 2. The van der Waals surface area contributed by atoms with E-state index < -0.39 is 12.2 Å². The number of carbonyl (C=O) groups is 2. The fourth-order valence-corrected chi connectivity index (χ4v) is 11.1. The summed E-state index contributed by atoms with van der Waals surface area (Å²) in [5, 5.41) is 11.2. The van der Waals surface area contributed by atoms with E-state index in [1.165, 1.54) is 5.57 Å². The Balaban J connectivity index is 1.60. The molecule has 5 aliphatic carbocycles. The lowest BCUT2D eigenvalue weighted by atomic mass is 9.33. The van der Waals surface area contributed by atoms with Crippen LogP contribution in [0.5, 0.6) is 0 Å². The predicted octanol–water partition coefficient (Wildman–Crippen LogP) is 6.47. The van der Waals surface area contributed by atoms with E-state index in [0.717, 1.165) is 51.4 Å². The second-order valence-electron chi connectivity index (χ2n) is 15.6. The molecule has 0 aromatic rings. The number of hydrogen-bond acceptors (Lipinski definition) is 5. The van der Waals surface area contributed by atoms with Crippen LogP contribution in [0, 0.1) is 50.2 Å². The number of allylic oxidation sites excluding steroid dienone is 2. The van der Waals surface area contributed by atoms with Gasteiger partial charge in [0.15, 0.2) is 0 Å². The van der Waals surface area contributed by atoms with Crippen LogP contribution in [0.1, 0.15) is 106 Å². The number of fused-ring (bicyclic) bond motifs is 7. The molecule has 0 spiro atoms. The maximum absolute atomic E-state index is 13.4. The number of aliphatic hydroxyl groups is 1. The molecule has 5 heteroatoms. The van der Waals surface area contributed by atoms with Crippen molar-refractivity contribution in [3.8, 4) is 0 Å². The summed E-state index contributed by atoms with van der Waals surface area (Å²) in [5.74, 6) is 1.03. The molecule has 5 rings (SSSR count). The Morgan fingerprint density at radius 1 is 0.973 bits per heavy atom. The molecule has 0 unspecified atom stereocenters. The van der Waals surface area contributed by atoms with Crippen molar-refractivity contribution in [1.29, 1.82) is 0 Å². The lowest BCUT2D eigenvalue weighted by Crippen LogP contribution is -2.67. The Labute approximate surface area is 224 Å². The summed E-state index contributed by atoms with van der Waals surface area (Å²) >= 11 is 0. The second kappa shape index (κ2) is 8.32. The number of rotatable bonds is 3. The summed E-state index contributed by atoms with van der Waals surface area (Å²) in [6.07, 6.45) is 10.3. The first-order chi connectivity index (χ1) is 17.1. The Morgan fingerprint density at radius 3 is 2.30 bits per heavy atom. The van der Waals surface area contributed by atoms with Crippen LogP contribution in [0.3, 0.4) is 0 Å². The standard InChI is InChI=1S/C32H50O5/c1-27(2)13-15-32(26(35)36-8)16-14-30(6)20(21(32)17-27)9-10-24-29(5)18-22(37-19-33)25(34)28(3,4)23(29)11-12-31(24,30)7/h9,19,21-25,34H,10-18H2,1-8H3/t21-,22+,23-,24+,25-,29-,30+,31+,32-/m0/s1. The summed E-state index contributed by atoms with van der Waals surface area (Å²) in [7, 11) is 1.56. The summed E-state index contributed by atoms with van der Waals surface area (Å²) in [6.45, 7) is 17.0. The minimum atomic E-state index is -0.648. The highest BCUT2D eigenvalue weighted by Gasteiger charge is 2.70. The first-order valence-electron chi connectivity index (χ1n) is 14.7. The number of ether oxygens (including phenoxy) is 2. The van der Waals surface area contributed by atoms with E-state index in [0.29, 0.717) is 24.7 Å². The van der Waals surface area contributed by atoms with Crippen molar-refractivity contribution >= 4 is 12.4 Å². The van der Waals surface area contributed by atoms with Crippen LogP contribution >= 0.6 is 0 Å². The third-order valence-electron chi connectivity index (χ3n) is 13.4. The zero-order chi connectivity index (χ0) is 27.2. The van der Waals surface area contributed by atoms with E-state index in [-0.39, 0.29) is 44.4 Å². The van der Waals surface area contributed by atoms with Gasteiger partial charge in [0.2, 0.25) is 0 Å². The van der Waals surface area contributed by atoms with Gasteiger partial charge in [-0.05, 0) is 103 Å². The molecule has 0 amide bonds. The molecular weight excluding hydrogens is 464 g/mol. The predicted molar refractivity (Wildman–Crippen MR) is 143 cm³/mol. The van der Waals surface area contributed by atoms with Crippen LogP contribution in [0.25, 0.3) is 0 Å². The van der Waals surface area contributed by atoms with Gasteiger partial charge in [-0.15, -0.1) is 0 Å². The Kier molecular flexibility index (Phi) is 6.12. The van der Waals surface area contributed by atoms with Crippen molar-refractivity contribution in [1.82, 2.24) is 0 Å². The number of hydrogen-bond donors (Lipinski definition) is 1. The highest BCUT2D eigenvalue weighted by molar-refractivity contribution is 5.78. The maximum atomic E-state index is 13.4. The van der Waals surface area contributed by atoms with E-state index in [1.807, 2.05) is 0 Å². The van der Waals surface area contributed by atoms with Crippen molar-refractivity contribution in [2.24, 2.45) is 50.2 Å². The van der Waals surface area contributed by atoms with Crippen LogP contribution in [0.2, 0.25) is 0 Å². The highest BCUT2D eigenvalue weighted by Crippen LogP contribution is 2.75. The molecule has 0 heterocycles. The summed E-state index contributed by atoms with van der Waals surface area (Å²) in [6, 6.07) is 0. The quantitative estimate of drug-likeness (QED) is 0.265. The van der Waals surface area contributed by atoms with Crippen molar-refractivity contribution < 1.29 is 24.2 Å². The van der Waals surface area contributed by atoms with Crippen LogP contribution in [0.15, 0.2) is 11.6 Å². The number of aliphatic hydroxyl groups excluding tert-OH is 1. The smallest absolute Gasteiger partial charge is 0.312 e. The first kappa shape index (κ1) is 27.2. The van der Waals surface area contributed by atoms with Gasteiger partial charge in [-0.3, -0.25) is 9.59 Å². The average Bonchev–Trinajstić information content (AvgIpc) is 2.82. The van der Waals surface area contributed by atoms with Crippen LogP contribution < -0.4 is 0 Å². The molecule has 0 radical (unpaired) electrons. The fourth-order valence-electron chi connectivity index (χ4n) is 11.1. The molecule has 9 atom stereocenters. The molecule has 5 aliphatic rings. The first-order valence-corrected chi connectivity index (χ1v) is 14.7. The number of esters is 1. The van der Waals surface area contributed by atoms with Crippen LogP contribution in [-0.2, 0) is 19.1 Å². The van der Waals surface area contributed by atoms with E-state index >= 15 is 0 Å². The summed E-state index contributed by atoms with van der Waals surface area (Å²) < 4.78 is 11.0. The van der Waals surface area contributed by atoms with Gasteiger partial charge in [0.05, 0.1) is 18.6 Å². The Bertz CT molecular complexity index is 997. The Hall–Kier alpha value is -1.36. The van der Waals surface area contributed by atoms with Gasteiger partial charge in [-0.25, -0.2) is 0 Å². The van der Waals surface area contributed by atoms with Gasteiger partial charge in [-0.2, -0.15) is 0 Å². The second-order valence-corrected chi connectivity index (χ2v) is 15.6. The molecule has 0 aromatic carbocycles. The lowest BCUT2D eigenvalue weighted by molar-refractivity contribution is -0.235. The molecular formula is C32H50O5. The maximum Gasteiger partial charge on any atom is 0.312 e.